The van der Waals surface area contributed by atoms with E-state index in [0.29, 0.717) is 26.9 Å². The maximum Gasteiger partial charge on any atom is 0.255 e. The Kier molecular flexibility index (Phi) is 4.08. The summed E-state index contributed by atoms with van der Waals surface area (Å²) in [6, 6.07) is 8.73. The van der Waals surface area contributed by atoms with Crippen molar-refractivity contribution in [3.63, 3.8) is 0 Å². The molecule has 1 N–H and O–H groups in total. The summed E-state index contributed by atoms with van der Waals surface area (Å²) in [5.74, 6) is -0.712. The van der Waals surface area contributed by atoms with Crippen LogP contribution in [-0.4, -0.2) is 5.91 Å². The highest BCUT2D eigenvalue weighted by Crippen LogP contribution is 2.23. The number of carbonyl (C=O) groups is 1. The van der Waals surface area contributed by atoms with Crippen molar-refractivity contribution in [3.8, 4) is 0 Å². The van der Waals surface area contributed by atoms with Gasteiger partial charge in [0.15, 0.2) is 0 Å². The molecule has 2 aromatic carbocycles. The van der Waals surface area contributed by atoms with Gasteiger partial charge in [0.05, 0.1) is 0 Å². The molecule has 98 valence electrons. The summed E-state index contributed by atoms with van der Waals surface area (Å²) in [6.07, 6.45) is 0. The van der Waals surface area contributed by atoms with Gasteiger partial charge in [0.2, 0.25) is 0 Å². The average Bonchev–Trinajstić information content (AvgIpc) is 2.26. The first-order chi connectivity index (χ1) is 8.95. The molecule has 2 rings (SSSR count). The van der Waals surface area contributed by atoms with Crippen molar-refractivity contribution < 1.29 is 9.18 Å². The number of rotatable bonds is 2. The Morgan fingerprint density at radius 3 is 2.32 bits per heavy atom. The third kappa shape index (κ3) is 3.46. The van der Waals surface area contributed by atoms with Gasteiger partial charge in [0.25, 0.3) is 5.91 Å². The smallest absolute Gasteiger partial charge is 0.255 e. The number of halogens is 3. The fourth-order valence-corrected chi connectivity index (χ4v) is 2.23. The Balaban J connectivity index is 2.25. The minimum absolute atomic E-state index is 0.337. The molecular formula is C14H10Cl2FNO. The molecule has 0 unspecified atom stereocenters. The summed E-state index contributed by atoms with van der Waals surface area (Å²) >= 11 is 11.7. The zero-order valence-electron chi connectivity index (χ0n) is 10.0. The largest absolute Gasteiger partial charge is 0.322 e. The lowest BCUT2D eigenvalue weighted by atomic mass is 10.1. The van der Waals surface area contributed by atoms with Crippen LogP contribution in [0.2, 0.25) is 10.0 Å². The van der Waals surface area contributed by atoms with Gasteiger partial charge in [0.1, 0.15) is 5.82 Å². The quantitative estimate of drug-likeness (QED) is 0.856. The molecule has 0 atom stereocenters. The summed E-state index contributed by atoms with van der Waals surface area (Å²) in [5, 5.41) is 3.53. The van der Waals surface area contributed by atoms with E-state index in [4.69, 9.17) is 23.2 Å². The molecule has 2 aromatic rings. The molecule has 0 aliphatic carbocycles. The van der Waals surface area contributed by atoms with Crippen LogP contribution in [0, 0.1) is 12.7 Å². The molecule has 0 saturated heterocycles. The number of carbonyl (C=O) groups excluding carboxylic acids is 1. The molecule has 0 aliphatic heterocycles. The van der Waals surface area contributed by atoms with Crippen LogP contribution in [0.5, 0.6) is 0 Å². The van der Waals surface area contributed by atoms with Gasteiger partial charge in [-0.1, -0.05) is 23.2 Å². The van der Waals surface area contributed by atoms with Crippen molar-refractivity contribution in [2.24, 2.45) is 0 Å². The van der Waals surface area contributed by atoms with Crippen LogP contribution >= 0.6 is 23.2 Å². The number of benzene rings is 2. The van der Waals surface area contributed by atoms with Crippen molar-refractivity contribution in [1.29, 1.82) is 0 Å². The van der Waals surface area contributed by atoms with E-state index < -0.39 is 0 Å². The van der Waals surface area contributed by atoms with E-state index in [0.717, 1.165) is 0 Å². The average molecular weight is 298 g/mol. The Morgan fingerprint density at radius 2 is 1.74 bits per heavy atom. The molecule has 0 aromatic heterocycles. The van der Waals surface area contributed by atoms with Crippen LogP contribution < -0.4 is 5.32 Å². The fraction of sp³-hybridized carbons (Fsp3) is 0.0714. The van der Waals surface area contributed by atoms with Crippen molar-refractivity contribution >= 4 is 34.8 Å². The number of hydrogen-bond donors (Lipinski definition) is 1. The van der Waals surface area contributed by atoms with E-state index in [9.17, 15) is 9.18 Å². The second-order valence-electron chi connectivity index (χ2n) is 4.07. The molecule has 0 bridgehead atoms. The van der Waals surface area contributed by atoms with Crippen molar-refractivity contribution in [2.45, 2.75) is 6.92 Å². The van der Waals surface area contributed by atoms with Gasteiger partial charge >= 0.3 is 0 Å². The van der Waals surface area contributed by atoms with Gasteiger partial charge in [-0.3, -0.25) is 4.79 Å². The van der Waals surface area contributed by atoms with Crippen molar-refractivity contribution in [1.82, 2.24) is 0 Å². The summed E-state index contributed by atoms with van der Waals surface area (Å²) in [6.45, 7) is 1.67. The zero-order valence-corrected chi connectivity index (χ0v) is 11.5. The Bertz CT molecular complexity index is 623. The number of anilines is 1. The van der Waals surface area contributed by atoms with E-state index >= 15 is 0 Å². The molecule has 0 radical (unpaired) electrons. The molecule has 2 nitrogen and oxygen atoms in total. The topological polar surface area (TPSA) is 29.1 Å². The predicted molar refractivity (Wildman–Crippen MR) is 75.6 cm³/mol. The highest BCUT2D eigenvalue weighted by atomic mass is 35.5. The third-order valence-corrected chi connectivity index (χ3v) is 2.99. The predicted octanol–water partition coefficient (Wildman–Crippen LogP) is 4.69. The van der Waals surface area contributed by atoms with Crippen molar-refractivity contribution in [2.75, 3.05) is 5.32 Å². The van der Waals surface area contributed by atoms with Gasteiger partial charge < -0.3 is 5.32 Å². The normalized spacial score (nSPS) is 10.3. The van der Waals surface area contributed by atoms with E-state index in [-0.39, 0.29) is 11.7 Å². The molecule has 1 amide bonds. The van der Waals surface area contributed by atoms with Gasteiger partial charge in [-0.25, -0.2) is 4.39 Å². The first-order valence-corrected chi connectivity index (χ1v) is 6.25. The SMILES string of the molecule is Cc1cc(F)ccc1C(=O)Nc1cc(Cl)cc(Cl)c1. The first-order valence-electron chi connectivity index (χ1n) is 5.49. The fourth-order valence-electron chi connectivity index (χ4n) is 1.71. The molecule has 5 heteroatoms. The monoisotopic (exact) mass is 297 g/mol. The lowest BCUT2D eigenvalue weighted by Crippen LogP contribution is -2.13. The summed E-state index contributed by atoms with van der Waals surface area (Å²) in [5.41, 5.74) is 1.45. The maximum absolute atomic E-state index is 13.0. The second kappa shape index (κ2) is 5.59. The van der Waals surface area contributed by atoms with Crippen molar-refractivity contribution in [3.05, 3.63) is 63.4 Å². The van der Waals surface area contributed by atoms with Crippen LogP contribution in [0.25, 0.3) is 0 Å². The molecule has 0 heterocycles. The first kappa shape index (κ1) is 13.8. The van der Waals surface area contributed by atoms with Gasteiger partial charge in [-0.15, -0.1) is 0 Å². The lowest BCUT2D eigenvalue weighted by Gasteiger charge is -2.08. The highest BCUT2D eigenvalue weighted by molar-refractivity contribution is 6.35. The molecule has 0 saturated carbocycles. The van der Waals surface area contributed by atoms with Crippen LogP contribution in [0.15, 0.2) is 36.4 Å². The van der Waals surface area contributed by atoms with E-state index in [1.54, 1.807) is 25.1 Å². The maximum atomic E-state index is 13.0. The summed E-state index contributed by atoms with van der Waals surface area (Å²) in [4.78, 5) is 12.0. The van der Waals surface area contributed by atoms with Gasteiger partial charge in [-0.05, 0) is 48.9 Å². The number of amides is 1. The van der Waals surface area contributed by atoms with Crippen LogP contribution in [0.1, 0.15) is 15.9 Å². The zero-order chi connectivity index (χ0) is 14.0. The Hall–Kier alpha value is -1.58. The molecular weight excluding hydrogens is 288 g/mol. The number of aryl methyl sites for hydroxylation is 1. The molecule has 0 fully saturated rings. The molecule has 0 spiro atoms. The van der Waals surface area contributed by atoms with Crippen LogP contribution in [0.3, 0.4) is 0 Å². The standard InChI is InChI=1S/C14H10Cl2FNO/c1-8-4-11(17)2-3-13(8)14(19)18-12-6-9(15)5-10(16)7-12/h2-7H,1H3,(H,18,19). The van der Waals surface area contributed by atoms with E-state index in [1.165, 1.54) is 18.2 Å². The van der Waals surface area contributed by atoms with Gasteiger partial charge in [0, 0.05) is 21.3 Å². The Morgan fingerprint density at radius 1 is 1.11 bits per heavy atom. The third-order valence-electron chi connectivity index (χ3n) is 2.55. The minimum Gasteiger partial charge on any atom is -0.322 e. The van der Waals surface area contributed by atoms with E-state index in [2.05, 4.69) is 5.32 Å². The lowest BCUT2D eigenvalue weighted by molar-refractivity contribution is 0.102. The second-order valence-corrected chi connectivity index (χ2v) is 4.94. The van der Waals surface area contributed by atoms with Crippen LogP contribution in [-0.2, 0) is 0 Å². The molecule has 0 aliphatic rings. The number of hydrogen-bond acceptors (Lipinski definition) is 1. The van der Waals surface area contributed by atoms with Crippen LogP contribution in [0.4, 0.5) is 10.1 Å². The summed E-state index contributed by atoms with van der Waals surface area (Å²) < 4.78 is 13.0. The minimum atomic E-state index is -0.375. The highest BCUT2D eigenvalue weighted by Gasteiger charge is 2.10. The number of nitrogens with one attached hydrogen (secondary N) is 1. The Labute approximate surface area is 120 Å². The van der Waals surface area contributed by atoms with E-state index in [1.807, 2.05) is 0 Å². The summed E-state index contributed by atoms with van der Waals surface area (Å²) in [7, 11) is 0. The van der Waals surface area contributed by atoms with Gasteiger partial charge in [-0.2, -0.15) is 0 Å². The molecule has 19 heavy (non-hydrogen) atoms.